The number of hydrogen-bond donors (Lipinski definition) is 4. The first kappa shape index (κ1) is 45.5. The second kappa shape index (κ2) is 16.9. The lowest BCUT2D eigenvalue weighted by Gasteiger charge is -2.39. The van der Waals surface area contributed by atoms with Gasteiger partial charge in [0.05, 0.1) is 22.8 Å². The Morgan fingerprint density at radius 3 is 2.51 bits per heavy atom. The molecule has 7 rings (SSSR count). The van der Waals surface area contributed by atoms with Crippen LogP contribution in [0.15, 0.2) is 51.8 Å². The van der Waals surface area contributed by atoms with Gasteiger partial charge in [-0.1, -0.05) is 81.8 Å². The van der Waals surface area contributed by atoms with Gasteiger partial charge in [-0.05, 0) is 68.4 Å². The summed E-state index contributed by atoms with van der Waals surface area (Å²) >= 11 is 11.8. The maximum absolute atomic E-state index is 14.2. The molecule has 1 unspecified atom stereocenters. The third-order valence-electron chi connectivity index (χ3n) is 11.4. The van der Waals surface area contributed by atoms with Gasteiger partial charge in [0, 0.05) is 17.5 Å². The Morgan fingerprint density at radius 1 is 1.10 bits per heavy atom. The molecule has 4 atom stereocenters. The SMILES string of the molecule is CC(C)(COC(=O)N[C@H](C(=O)N1CCC[C@H]1C(=O)N[C@]1(C(=O)NS(=O)(=O)C2(C)CC2)C#CC1C=C(Cl)Cl)C(C)(C)C)COc1cccc(-c2nc3ccc4c(c3[nH]c2=O)OCO4)c1. The number of H-pyrrole nitrogens is 1. The highest BCUT2D eigenvalue weighted by molar-refractivity contribution is 7.91. The van der Waals surface area contributed by atoms with Crippen molar-refractivity contribution in [3.8, 4) is 40.3 Å². The maximum atomic E-state index is 14.2. The second-order valence-corrected chi connectivity index (χ2v) is 21.4. The lowest BCUT2D eigenvalue weighted by atomic mass is 9.76. The van der Waals surface area contributed by atoms with Crippen LogP contribution in [0.3, 0.4) is 0 Å². The second-order valence-electron chi connectivity index (χ2n) is 18.2. The molecule has 3 aromatic rings. The fourth-order valence-electron chi connectivity index (χ4n) is 7.31. The molecule has 0 bridgehead atoms. The highest BCUT2D eigenvalue weighted by atomic mass is 35.5. The largest absolute Gasteiger partial charge is 0.493 e. The minimum absolute atomic E-state index is 0.0511. The average Bonchev–Trinajstić information content (AvgIpc) is 3.56. The molecule has 0 spiro atoms. The summed E-state index contributed by atoms with van der Waals surface area (Å²) < 4.78 is 49.4. The Labute approximate surface area is 374 Å². The topological polar surface area (TPSA) is 224 Å². The summed E-state index contributed by atoms with van der Waals surface area (Å²) in [7, 11) is -4.11. The Hall–Kier alpha value is -5.51. The van der Waals surface area contributed by atoms with Crippen LogP contribution in [0.2, 0.25) is 0 Å². The van der Waals surface area contributed by atoms with Crippen LogP contribution < -0.4 is 35.1 Å². The van der Waals surface area contributed by atoms with Gasteiger partial charge in [0.2, 0.25) is 28.6 Å². The highest BCUT2D eigenvalue weighted by Gasteiger charge is 2.56. The predicted octanol–water partition coefficient (Wildman–Crippen LogP) is 4.66. The predicted molar refractivity (Wildman–Crippen MR) is 232 cm³/mol. The minimum atomic E-state index is -4.11. The van der Waals surface area contributed by atoms with Crippen molar-refractivity contribution in [1.29, 1.82) is 0 Å². The van der Waals surface area contributed by atoms with Crippen molar-refractivity contribution in [2.75, 3.05) is 26.6 Å². The van der Waals surface area contributed by atoms with E-state index in [1.54, 1.807) is 57.2 Å². The molecule has 63 heavy (non-hydrogen) atoms. The van der Waals surface area contributed by atoms with Gasteiger partial charge < -0.3 is 39.5 Å². The van der Waals surface area contributed by atoms with Crippen LogP contribution in [0.1, 0.15) is 67.2 Å². The molecule has 336 valence electrons. The number of aromatic amines is 1. The van der Waals surface area contributed by atoms with Gasteiger partial charge in [-0.25, -0.2) is 22.9 Å². The number of amides is 4. The summed E-state index contributed by atoms with van der Waals surface area (Å²) in [5.41, 5.74) is -2.37. The number of nitrogens with one attached hydrogen (secondary N) is 4. The number of halogens is 2. The molecule has 2 aromatic carbocycles. The van der Waals surface area contributed by atoms with Crippen molar-refractivity contribution in [3.63, 3.8) is 0 Å². The normalized spacial score (nSPS) is 21.2. The molecule has 2 aliphatic heterocycles. The third kappa shape index (κ3) is 9.41. The number of ether oxygens (including phenoxy) is 4. The van der Waals surface area contributed by atoms with Crippen molar-refractivity contribution in [2.24, 2.45) is 16.7 Å². The number of rotatable bonds is 14. The molecule has 2 aliphatic carbocycles. The van der Waals surface area contributed by atoms with Gasteiger partial charge in [0.25, 0.3) is 11.5 Å². The van der Waals surface area contributed by atoms with Crippen LogP contribution in [0.25, 0.3) is 22.3 Å². The first-order chi connectivity index (χ1) is 29.5. The number of likely N-dealkylation sites (tertiary alicyclic amines) is 1. The van der Waals surface area contributed by atoms with Crippen molar-refractivity contribution in [1.82, 2.24) is 30.2 Å². The molecule has 17 nitrogen and oxygen atoms in total. The maximum Gasteiger partial charge on any atom is 0.407 e. The molecule has 3 heterocycles. The van der Waals surface area contributed by atoms with Gasteiger partial charge in [-0.3, -0.25) is 19.2 Å². The summed E-state index contributed by atoms with van der Waals surface area (Å²) in [6.45, 7) is 10.6. The van der Waals surface area contributed by atoms with E-state index < -0.39 is 78.5 Å². The molecule has 4 N–H and O–H groups in total. The Balaban J connectivity index is 0.973. The molecule has 1 aromatic heterocycles. The number of carbonyl (C=O) groups excluding carboxylic acids is 4. The lowest BCUT2D eigenvalue weighted by Crippen LogP contribution is -2.68. The summed E-state index contributed by atoms with van der Waals surface area (Å²) in [6.07, 6.45) is 1.73. The van der Waals surface area contributed by atoms with E-state index in [4.69, 9.17) is 42.1 Å². The van der Waals surface area contributed by atoms with Crippen LogP contribution in [0.5, 0.6) is 17.2 Å². The van der Waals surface area contributed by atoms with Crippen molar-refractivity contribution >= 4 is 68.1 Å². The Bertz CT molecular complexity index is 2640. The Morgan fingerprint density at radius 2 is 1.84 bits per heavy atom. The Kier molecular flexibility index (Phi) is 12.2. The molecule has 0 radical (unpaired) electrons. The van der Waals surface area contributed by atoms with E-state index in [0.717, 1.165) is 0 Å². The number of hydrogen-bond acceptors (Lipinski definition) is 12. The molecule has 4 aliphatic rings. The monoisotopic (exact) mass is 926 g/mol. The summed E-state index contributed by atoms with van der Waals surface area (Å²) in [5, 5.41) is 5.31. The quantitative estimate of drug-likeness (QED) is 0.162. The standard InChI is InChI=1S/C43H48Cl2N6O11S/c1-40(2,3)34(37(54)51-18-8-11-28(51)35(52)49-43(15-14-25(43)20-30(44)45)38(55)50-63(57,58)42(6)16-17-42)48-39(56)60-22-41(4,5)21-59-26-10-7-9-24(19-26)31-36(53)47-32-27(46-31)12-13-29-33(32)62-23-61-29/h7,9-10,12-13,19-20,25,28,34H,8,11,16-18,21-23H2,1-6H3,(H,47,53)(H,48,56)(H,49,52)(H,50,55)/t25?,28-,34+,43+/m0/s1. The van der Waals surface area contributed by atoms with Crippen LogP contribution in [0, 0.1) is 28.6 Å². The van der Waals surface area contributed by atoms with Gasteiger partial charge in [0.15, 0.2) is 17.0 Å². The average molecular weight is 928 g/mol. The summed E-state index contributed by atoms with van der Waals surface area (Å²) in [4.78, 5) is 77.1. The minimum Gasteiger partial charge on any atom is -0.493 e. The number of nitrogens with zero attached hydrogens (tertiary/aromatic N) is 2. The van der Waals surface area contributed by atoms with E-state index in [2.05, 4.69) is 37.2 Å². The van der Waals surface area contributed by atoms with Crippen LogP contribution in [0.4, 0.5) is 4.79 Å². The molecule has 1 saturated heterocycles. The van der Waals surface area contributed by atoms with Crippen LogP contribution >= 0.6 is 23.2 Å². The van der Waals surface area contributed by atoms with E-state index in [-0.39, 0.29) is 43.2 Å². The number of alkyl carbamates (subject to hydrolysis) is 1. The van der Waals surface area contributed by atoms with Gasteiger partial charge in [-0.15, -0.1) is 0 Å². The van der Waals surface area contributed by atoms with Crippen molar-refractivity contribution in [3.05, 3.63) is 57.3 Å². The van der Waals surface area contributed by atoms with Crippen molar-refractivity contribution in [2.45, 2.75) is 89.6 Å². The highest BCUT2D eigenvalue weighted by Crippen LogP contribution is 2.43. The van der Waals surface area contributed by atoms with Crippen LogP contribution in [-0.2, 0) is 29.1 Å². The van der Waals surface area contributed by atoms with Gasteiger partial charge >= 0.3 is 6.09 Å². The van der Waals surface area contributed by atoms with Crippen LogP contribution in [-0.4, -0.2) is 96.0 Å². The zero-order chi connectivity index (χ0) is 45.7. The smallest absolute Gasteiger partial charge is 0.407 e. The summed E-state index contributed by atoms with van der Waals surface area (Å²) in [6, 6.07) is 8.11. The van der Waals surface area contributed by atoms with Crippen molar-refractivity contribution < 1.29 is 46.5 Å². The zero-order valence-corrected chi connectivity index (χ0v) is 37.8. The lowest BCUT2D eigenvalue weighted by molar-refractivity contribution is -0.143. The molecule has 1 saturated carbocycles. The van der Waals surface area contributed by atoms with Gasteiger partial charge in [0.1, 0.15) is 40.1 Å². The number of aromatic nitrogens is 2. The molecule has 4 amide bonds. The van der Waals surface area contributed by atoms with E-state index in [1.165, 1.54) is 17.9 Å². The number of carbonyl (C=O) groups is 4. The zero-order valence-electron chi connectivity index (χ0n) is 35.5. The molecule has 20 heteroatoms. The number of benzene rings is 2. The van der Waals surface area contributed by atoms with Gasteiger partial charge in [-0.2, -0.15) is 0 Å². The molecular weight excluding hydrogens is 879 g/mol. The van der Waals surface area contributed by atoms with E-state index in [1.807, 2.05) is 13.8 Å². The fraction of sp³-hybridized carbons (Fsp3) is 0.488. The molecule has 2 fully saturated rings. The molecular formula is C43H48Cl2N6O11S. The number of fused-ring (bicyclic) bond motifs is 3. The fourth-order valence-corrected chi connectivity index (χ4v) is 8.85. The first-order valence-corrected chi connectivity index (χ1v) is 22.5. The van der Waals surface area contributed by atoms with E-state index >= 15 is 0 Å². The van der Waals surface area contributed by atoms with E-state index in [0.29, 0.717) is 53.1 Å². The summed E-state index contributed by atoms with van der Waals surface area (Å²) in [5.74, 6) is 3.27. The third-order valence-corrected chi connectivity index (χ3v) is 13.9. The van der Waals surface area contributed by atoms with E-state index in [9.17, 15) is 32.4 Å². The number of sulfonamides is 1. The first-order valence-electron chi connectivity index (χ1n) is 20.3.